The molecule has 8 nitrogen and oxygen atoms in total. The van der Waals surface area contributed by atoms with E-state index in [0.29, 0.717) is 22.7 Å². The highest BCUT2D eigenvalue weighted by molar-refractivity contribution is 6.16. The number of likely N-dealkylation sites (tertiary alicyclic amines) is 1. The summed E-state index contributed by atoms with van der Waals surface area (Å²) in [6.07, 6.45) is 9.40. The summed E-state index contributed by atoms with van der Waals surface area (Å²) in [6.45, 7) is 7.44. The molecule has 0 radical (unpaired) electrons. The zero-order valence-electron chi connectivity index (χ0n) is 18.5. The molecule has 32 heavy (non-hydrogen) atoms. The van der Waals surface area contributed by atoms with Gasteiger partial charge in [-0.2, -0.15) is 0 Å². The maximum Gasteiger partial charge on any atom is 0.272 e. The third-order valence-electron chi connectivity index (χ3n) is 6.60. The van der Waals surface area contributed by atoms with Gasteiger partial charge in [-0.15, -0.1) is 0 Å². The molecule has 0 bridgehead atoms. The summed E-state index contributed by atoms with van der Waals surface area (Å²) in [5.74, 6) is 0.335. The van der Waals surface area contributed by atoms with Crippen LogP contribution in [-0.2, 0) is 4.79 Å². The van der Waals surface area contributed by atoms with Crippen molar-refractivity contribution in [3.8, 4) is 5.75 Å². The third-order valence-corrected chi connectivity index (χ3v) is 6.60. The highest BCUT2D eigenvalue weighted by Crippen LogP contribution is 2.34. The van der Waals surface area contributed by atoms with Crippen molar-refractivity contribution in [2.24, 2.45) is 9.98 Å². The molecule has 3 atom stereocenters. The van der Waals surface area contributed by atoms with Crippen molar-refractivity contribution in [3.63, 3.8) is 0 Å². The van der Waals surface area contributed by atoms with Crippen LogP contribution in [0.2, 0.25) is 0 Å². The van der Waals surface area contributed by atoms with E-state index in [1.54, 1.807) is 25.3 Å². The lowest BCUT2D eigenvalue weighted by Crippen LogP contribution is -2.61. The van der Waals surface area contributed by atoms with E-state index >= 15 is 0 Å². The summed E-state index contributed by atoms with van der Waals surface area (Å²) in [6, 6.07) is 3.58. The summed E-state index contributed by atoms with van der Waals surface area (Å²) >= 11 is 0. The van der Waals surface area contributed by atoms with Gasteiger partial charge in [0.05, 0.1) is 11.9 Å². The summed E-state index contributed by atoms with van der Waals surface area (Å²) in [5.41, 5.74) is 2.74. The van der Waals surface area contributed by atoms with Crippen LogP contribution in [-0.4, -0.2) is 70.4 Å². The van der Waals surface area contributed by atoms with E-state index in [1.165, 1.54) is 0 Å². The lowest BCUT2D eigenvalue weighted by atomic mass is 9.97. The molecular weight excluding hydrogens is 406 g/mol. The molecule has 1 saturated heterocycles. The second-order valence-electron chi connectivity index (χ2n) is 9.35. The Kier molecular flexibility index (Phi) is 5.04. The van der Waals surface area contributed by atoms with Crippen LogP contribution in [0.3, 0.4) is 0 Å². The highest BCUT2D eigenvalue weighted by atomic mass is 16.5. The number of nitrogens with zero attached hydrogens (tertiary/aromatic N) is 4. The monoisotopic (exact) mass is 433 g/mol. The second-order valence-corrected chi connectivity index (χ2v) is 9.35. The first kappa shape index (κ1) is 20.8. The predicted molar refractivity (Wildman–Crippen MR) is 121 cm³/mol. The number of ether oxygens (including phenoxy) is 1. The minimum absolute atomic E-state index is 0.0508. The van der Waals surface area contributed by atoms with E-state index in [-0.39, 0.29) is 35.5 Å². The molecule has 1 aromatic rings. The summed E-state index contributed by atoms with van der Waals surface area (Å²) < 4.78 is 6.08. The number of amides is 2. The number of pyridine rings is 1. The van der Waals surface area contributed by atoms with Gasteiger partial charge in [0.2, 0.25) is 0 Å². The lowest BCUT2D eigenvalue weighted by molar-refractivity contribution is -0.114. The molecule has 4 aliphatic rings. The Balaban J connectivity index is 1.14. The summed E-state index contributed by atoms with van der Waals surface area (Å²) in [5, 5.41) is 3.01. The van der Waals surface area contributed by atoms with Gasteiger partial charge in [0.25, 0.3) is 11.8 Å². The van der Waals surface area contributed by atoms with Crippen molar-refractivity contribution in [2.45, 2.75) is 57.3 Å². The average Bonchev–Trinajstić information content (AvgIpc) is 3.50. The largest absolute Gasteiger partial charge is 0.486 e. The van der Waals surface area contributed by atoms with E-state index < -0.39 is 0 Å². The molecule has 1 unspecified atom stereocenters. The van der Waals surface area contributed by atoms with Gasteiger partial charge < -0.3 is 10.1 Å². The van der Waals surface area contributed by atoms with Crippen LogP contribution >= 0.6 is 0 Å². The van der Waals surface area contributed by atoms with Crippen molar-refractivity contribution >= 4 is 23.7 Å². The Labute approximate surface area is 187 Å². The number of carbonyl (C=O) groups is 2. The predicted octanol–water partition coefficient (Wildman–Crippen LogP) is 2.12. The Bertz CT molecular complexity index is 1080. The van der Waals surface area contributed by atoms with Crippen LogP contribution in [0.15, 0.2) is 51.6 Å². The Morgan fingerprint density at radius 3 is 2.84 bits per heavy atom. The molecule has 1 N–H and O–H groups in total. The molecule has 5 rings (SSSR count). The van der Waals surface area contributed by atoms with Gasteiger partial charge in [-0.25, -0.2) is 9.98 Å². The first-order chi connectivity index (χ1) is 15.3. The molecule has 4 heterocycles. The van der Waals surface area contributed by atoms with E-state index in [9.17, 15) is 9.59 Å². The van der Waals surface area contributed by atoms with Gasteiger partial charge in [-0.3, -0.25) is 19.5 Å². The Morgan fingerprint density at radius 2 is 2.16 bits per heavy atom. The lowest BCUT2D eigenvalue weighted by Gasteiger charge is -2.46. The van der Waals surface area contributed by atoms with E-state index in [0.717, 1.165) is 31.5 Å². The molecule has 0 spiro atoms. The fourth-order valence-corrected chi connectivity index (χ4v) is 4.03. The number of rotatable bonds is 6. The van der Waals surface area contributed by atoms with Crippen molar-refractivity contribution in [2.75, 3.05) is 13.1 Å². The SMILES string of the molecule is CC1=CC2N=CC(CN3C[C@H](Oc4ccc(C(=O)NC5(C)CC5)nc4)[C@H]3C)=CC2=NC1=O. The average molecular weight is 434 g/mol. The molecule has 2 fully saturated rings. The van der Waals surface area contributed by atoms with Crippen molar-refractivity contribution in [1.29, 1.82) is 0 Å². The van der Waals surface area contributed by atoms with Gasteiger partial charge >= 0.3 is 0 Å². The van der Waals surface area contributed by atoms with Crippen LogP contribution in [0.1, 0.15) is 44.1 Å². The molecule has 166 valence electrons. The zero-order valence-corrected chi connectivity index (χ0v) is 18.5. The summed E-state index contributed by atoms with van der Waals surface area (Å²) in [7, 11) is 0. The van der Waals surface area contributed by atoms with Crippen LogP contribution in [0, 0.1) is 0 Å². The molecule has 1 aromatic heterocycles. The Hall–Kier alpha value is -3.13. The third kappa shape index (κ3) is 4.14. The fraction of sp³-hybridized carbons (Fsp3) is 0.458. The number of hydrogen-bond acceptors (Lipinski definition) is 6. The van der Waals surface area contributed by atoms with E-state index in [1.807, 2.05) is 25.3 Å². The fourth-order valence-electron chi connectivity index (χ4n) is 4.03. The van der Waals surface area contributed by atoms with Crippen molar-refractivity contribution in [3.05, 3.63) is 47.3 Å². The standard InChI is InChI=1S/C24H27N5O3/c1-14-8-19-20(27-22(14)30)9-16(10-25-19)12-29-13-21(15(29)2)32-17-4-5-18(26-11-17)23(31)28-24(3)6-7-24/h4-5,8-11,15,19,21H,6-7,12-13H2,1-3H3,(H,28,31)/t15-,19?,21+/m1/s1. The number of carbonyl (C=O) groups excluding carboxylic acids is 2. The minimum Gasteiger partial charge on any atom is -0.486 e. The molecule has 0 aromatic carbocycles. The van der Waals surface area contributed by atoms with E-state index in [4.69, 9.17) is 4.74 Å². The van der Waals surface area contributed by atoms with Crippen LogP contribution < -0.4 is 10.1 Å². The number of hydrogen-bond donors (Lipinski definition) is 1. The number of aromatic nitrogens is 1. The molecule has 2 amide bonds. The maximum absolute atomic E-state index is 12.2. The molecular formula is C24H27N5O3. The number of aliphatic imine (C=N–C) groups is 2. The topological polar surface area (TPSA) is 96.2 Å². The molecule has 8 heteroatoms. The molecule has 3 aliphatic heterocycles. The Morgan fingerprint density at radius 1 is 1.34 bits per heavy atom. The summed E-state index contributed by atoms with van der Waals surface area (Å²) in [4.78, 5) is 39.3. The highest BCUT2D eigenvalue weighted by Gasteiger charge is 2.39. The smallest absolute Gasteiger partial charge is 0.272 e. The molecule has 1 aliphatic carbocycles. The minimum atomic E-state index is -0.186. The van der Waals surface area contributed by atoms with Crippen LogP contribution in [0.5, 0.6) is 5.75 Å². The van der Waals surface area contributed by atoms with Crippen molar-refractivity contribution in [1.82, 2.24) is 15.2 Å². The normalized spacial score (nSPS) is 28.0. The van der Waals surface area contributed by atoms with E-state index in [2.05, 4.69) is 32.1 Å². The maximum atomic E-state index is 12.2. The van der Waals surface area contributed by atoms with Gasteiger partial charge in [0, 0.05) is 36.5 Å². The first-order valence-electron chi connectivity index (χ1n) is 11.0. The van der Waals surface area contributed by atoms with Crippen LogP contribution in [0.4, 0.5) is 0 Å². The zero-order chi connectivity index (χ0) is 22.5. The van der Waals surface area contributed by atoms with Crippen molar-refractivity contribution < 1.29 is 14.3 Å². The quantitative estimate of drug-likeness (QED) is 0.741. The van der Waals surface area contributed by atoms with Gasteiger partial charge in [0.1, 0.15) is 23.6 Å². The van der Waals surface area contributed by atoms with Crippen LogP contribution in [0.25, 0.3) is 0 Å². The first-order valence-corrected chi connectivity index (χ1v) is 11.0. The molecule has 1 saturated carbocycles. The number of dihydropyridines is 2. The second kappa shape index (κ2) is 7.78. The number of fused-ring (bicyclic) bond motifs is 1. The van der Waals surface area contributed by atoms with Gasteiger partial charge in [-0.1, -0.05) is 0 Å². The number of nitrogens with one attached hydrogen (secondary N) is 1. The van der Waals surface area contributed by atoms with Gasteiger partial charge in [0.15, 0.2) is 0 Å². The van der Waals surface area contributed by atoms with Gasteiger partial charge in [-0.05, 0) is 63.5 Å².